The Balaban J connectivity index is 2.15. The zero-order chi connectivity index (χ0) is 9.64. The second kappa shape index (κ2) is 2.66. The van der Waals surface area contributed by atoms with Crippen LogP contribution in [0.4, 0.5) is 8.78 Å². The summed E-state index contributed by atoms with van der Waals surface area (Å²) in [4.78, 5) is 10.6. The second-order valence-electron chi connectivity index (χ2n) is 4.15. The van der Waals surface area contributed by atoms with Crippen molar-refractivity contribution in [2.24, 2.45) is 17.8 Å². The van der Waals surface area contributed by atoms with Crippen molar-refractivity contribution in [1.29, 1.82) is 0 Å². The zero-order valence-electron chi connectivity index (χ0n) is 7.17. The lowest BCUT2D eigenvalue weighted by molar-refractivity contribution is -0.153. The Morgan fingerprint density at radius 3 is 2.08 bits per heavy atom. The van der Waals surface area contributed by atoms with E-state index in [1.165, 1.54) is 0 Å². The van der Waals surface area contributed by atoms with E-state index in [1.807, 2.05) is 0 Å². The summed E-state index contributed by atoms with van der Waals surface area (Å²) >= 11 is 0. The SMILES string of the molecule is O=C(O)C1CC2CC[C@H](C1)C2(F)F. The Kier molecular flexibility index (Phi) is 1.82. The number of rotatable bonds is 1. The van der Waals surface area contributed by atoms with Crippen LogP contribution in [0.15, 0.2) is 0 Å². The fraction of sp³-hybridized carbons (Fsp3) is 0.889. The fourth-order valence-electron chi connectivity index (χ4n) is 2.66. The predicted octanol–water partition coefficient (Wildman–Crippen LogP) is 2.14. The zero-order valence-corrected chi connectivity index (χ0v) is 7.17. The van der Waals surface area contributed by atoms with Gasteiger partial charge in [-0.1, -0.05) is 0 Å². The summed E-state index contributed by atoms with van der Waals surface area (Å²) < 4.78 is 26.6. The average Bonchev–Trinajstić information content (AvgIpc) is 2.24. The van der Waals surface area contributed by atoms with Gasteiger partial charge in [0.1, 0.15) is 0 Å². The Hall–Kier alpha value is -0.670. The summed E-state index contributed by atoms with van der Waals surface area (Å²) in [5.41, 5.74) is 0. The molecule has 0 aromatic heterocycles. The van der Waals surface area contributed by atoms with Crippen LogP contribution in [-0.4, -0.2) is 17.0 Å². The maximum atomic E-state index is 13.3. The maximum absolute atomic E-state index is 13.3. The minimum atomic E-state index is -2.59. The predicted molar refractivity (Wildman–Crippen MR) is 41.5 cm³/mol. The monoisotopic (exact) mass is 190 g/mol. The number of aliphatic carboxylic acids is 1. The van der Waals surface area contributed by atoms with Crippen molar-refractivity contribution in [2.45, 2.75) is 31.6 Å². The van der Waals surface area contributed by atoms with E-state index >= 15 is 0 Å². The first-order chi connectivity index (χ1) is 6.01. The molecule has 2 unspecified atom stereocenters. The van der Waals surface area contributed by atoms with Gasteiger partial charge in [0.25, 0.3) is 5.92 Å². The molecule has 2 rings (SSSR count). The van der Waals surface area contributed by atoms with E-state index in [0.29, 0.717) is 12.8 Å². The van der Waals surface area contributed by atoms with Crippen LogP contribution >= 0.6 is 0 Å². The topological polar surface area (TPSA) is 37.3 Å². The Bertz CT molecular complexity index is 224. The van der Waals surface area contributed by atoms with Crippen molar-refractivity contribution in [3.05, 3.63) is 0 Å². The van der Waals surface area contributed by atoms with Gasteiger partial charge in [-0.3, -0.25) is 4.79 Å². The molecule has 2 aliphatic carbocycles. The lowest BCUT2D eigenvalue weighted by Crippen LogP contribution is -2.39. The molecule has 2 saturated carbocycles. The van der Waals surface area contributed by atoms with Gasteiger partial charge in [-0.05, 0) is 25.7 Å². The van der Waals surface area contributed by atoms with Crippen LogP contribution in [0.25, 0.3) is 0 Å². The molecule has 2 bridgehead atoms. The molecular formula is C9H12F2O2. The molecule has 0 aromatic carbocycles. The summed E-state index contributed by atoms with van der Waals surface area (Å²) in [6.07, 6.45) is 1.33. The molecular weight excluding hydrogens is 178 g/mol. The van der Waals surface area contributed by atoms with Crippen LogP contribution in [0.1, 0.15) is 25.7 Å². The molecule has 4 heteroatoms. The first-order valence-corrected chi connectivity index (χ1v) is 4.62. The number of hydrogen-bond acceptors (Lipinski definition) is 1. The summed E-state index contributed by atoms with van der Waals surface area (Å²) in [6, 6.07) is 0. The van der Waals surface area contributed by atoms with Gasteiger partial charge in [-0.25, -0.2) is 8.78 Å². The van der Waals surface area contributed by atoms with Gasteiger partial charge in [-0.15, -0.1) is 0 Å². The van der Waals surface area contributed by atoms with Crippen LogP contribution < -0.4 is 0 Å². The molecule has 0 radical (unpaired) electrons. The Morgan fingerprint density at radius 2 is 1.69 bits per heavy atom. The summed E-state index contributed by atoms with van der Waals surface area (Å²) in [7, 11) is 0. The largest absolute Gasteiger partial charge is 0.481 e. The number of hydrogen-bond donors (Lipinski definition) is 1. The highest BCUT2D eigenvalue weighted by molar-refractivity contribution is 5.70. The summed E-state index contributed by atoms with van der Waals surface area (Å²) in [5, 5.41) is 8.73. The third-order valence-corrected chi connectivity index (χ3v) is 3.44. The van der Waals surface area contributed by atoms with E-state index < -0.39 is 29.6 Å². The van der Waals surface area contributed by atoms with Crippen molar-refractivity contribution >= 4 is 5.97 Å². The average molecular weight is 190 g/mol. The van der Waals surface area contributed by atoms with E-state index in [9.17, 15) is 13.6 Å². The molecule has 0 saturated heterocycles. The molecule has 2 aliphatic rings. The lowest BCUT2D eigenvalue weighted by Gasteiger charge is -2.33. The normalized spacial score (nSPS) is 41.8. The van der Waals surface area contributed by atoms with Gasteiger partial charge in [0.2, 0.25) is 0 Å². The number of carboxylic acids is 1. The third kappa shape index (κ3) is 1.23. The number of fused-ring (bicyclic) bond motifs is 2. The standard InChI is InChI=1S/C9H12F2O2/c10-9(11)6-1-2-7(9)4-5(3-6)8(12)13/h5-7H,1-4H2,(H,12,13)/t5?,6-,7?/m1/s1. The van der Waals surface area contributed by atoms with E-state index in [4.69, 9.17) is 5.11 Å². The van der Waals surface area contributed by atoms with Crippen molar-refractivity contribution < 1.29 is 18.7 Å². The number of carbonyl (C=O) groups is 1. The molecule has 74 valence electrons. The van der Waals surface area contributed by atoms with E-state index in [-0.39, 0.29) is 12.8 Å². The Morgan fingerprint density at radius 1 is 1.23 bits per heavy atom. The number of carboxylic acid groups (broad SMARTS) is 1. The summed E-state index contributed by atoms with van der Waals surface area (Å²) in [6.45, 7) is 0. The Labute approximate surface area is 74.9 Å². The minimum absolute atomic E-state index is 0.166. The number of alkyl halides is 2. The van der Waals surface area contributed by atoms with Crippen LogP contribution in [-0.2, 0) is 4.79 Å². The molecule has 0 aliphatic heterocycles. The fourth-order valence-corrected chi connectivity index (χ4v) is 2.66. The van der Waals surface area contributed by atoms with Gasteiger partial charge in [0, 0.05) is 11.8 Å². The molecule has 3 atom stereocenters. The van der Waals surface area contributed by atoms with Gasteiger partial charge < -0.3 is 5.11 Å². The molecule has 13 heavy (non-hydrogen) atoms. The molecule has 0 amide bonds. The molecule has 2 nitrogen and oxygen atoms in total. The van der Waals surface area contributed by atoms with Crippen LogP contribution in [0, 0.1) is 17.8 Å². The molecule has 0 aromatic rings. The second-order valence-corrected chi connectivity index (χ2v) is 4.15. The first kappa shape index (κ1) is 8.91. The van der Waals surface area contributed by atoms with E-state index in [1.54, 1.807) is 0 Å². The van der Waals surface area contributed by atoms with Crippen LogP contribution in [0.5, 0.6) is 0 Å². The molecule has 0 heterocycles. The third-order valence-electron chi connectivity index (χ3n) is 3.44. The van der Waals surface area contributed by atoms with Crippen LogP contribution in [0.2, 0.25) is 0 Å². The van der Waals surface area contributed by atoms with Crippen molar-refractivity contribution in [2.75, 3.05) is 0 Å². The lowest BCUT2D eigenvalue weighted by atomic mass is 9.78. The molecule has 2 fully saturated rings. The van der Waals surface area contributed by atoms with Crippen molar-refractivity contribution in [3.63, 3.8) is 0 Å². The molecule has 1 N–H and O–H groups in total. The quantitative estimate of drug-likeness (QED) is 0.687. The van der Waals surface area contributed by atoms with Gasteiger partial charge in [-0.2, -0.15) is 0 Å². The smallest absolute Gasteiger partial charge is 0.306 e. The number of halogens is 2. The highest BCUT2D eigenvalue weighted by atomic mass is 19.3. The highest BCUT2D eigenvalue weighted by Crippen LogP contribution is 2.54. The van der Waals surface area contributed by atoms with Gasteiger partial charge >= 0.3 is 5.97 Å². The van der Waals surface area contributed by atoms with E-state index in [0.717, 1.165) is 0 Å². The van der Waals surface area contributed by atoms with Crippen molar-refractivity contribution in [1.82, 2.24) is 0 Å². The van der Waals surface area contributed by atoms with Gasteiger partial charge in [0.05, 0.1) is 5.92 Å². The van der Waals surface area contributed by atoms with E-state index in [2.05, 4.69) is 0 Å². The minimum Gasteiger partial charge on any atom is -0.481 e. The first-order valence-electron chi connectivity index (χ1n) is 4.62. The van der Waals surface area contributed by atoms with Crippen molar-refractivity contribution in [3.8, 4) is 0 Å². The highest BCUT2D eigenvalue weighted by Gasteiger charge is 2.56. The van der Waals surface area contributed by atoms with Crippen LogP contribution in [0.3, 0.4) is 0 Å². The maximum Gasteiger partial charge on any atom is 0.306 e. The summed E-state index contributed by atoms with van der Waals surface area (Å²) in [5.74, 6) is -5.38. The molecule has 0 spiro atoms. The van der Waals surface area contributed by atoms with Gasteiger partial charge in [0.15, 0.2) is 0 Å².